The Bertz CT molecular complexity index is 476. The number of aromatic nitrogens is 1. The van der Waals surface area contributed by atoms with E-state index in [1.54, 1.807) is 6.07 Å². The number of nitro groups is 1. The minimum Gasteiger partial charge on any atom is -0.356 e. The molecule has 1 fully saturated rings. The van der Waals surface area contributed by atoms with Gasteiger partial charge in [-0.1, -0.05) is 0 Å². The molecule has 0 amide bonds. The molecule has 1 aliphatic heterocycles. The smallest absolute Gasteiger partial charge is 0.287 e. The van der Waals surface area contributed by atoms with Crippen LogP contribution in [0.25, 0.3) is 0 Å². The first-order valence-electron chi connectivity index (χ1n) is 6.60. The van der Waals surface area contributed by atoms with Crippen molar-refractivity contribution in [3.8, 4) is 0 Å². The number of hydrogen-bond donors (Lipinski definition) is 1. The summed E-state index contributed by atoms with van der Waals surface area (Å²) >= 11 is 0. The molecule has 1 aliphatic rings. The van der Waals surface area contributed by atoms with E-state index in [-0.39, 0.29) is 11.7 Å². The maximum absolute atomic E-state index is 10.7. The fraction of sp³-hybridized carbons (Fsp3) is 0.615. The van der Waals surface area contributed by atoms with Crippen LogP contribution >= 0.6 is 0 Å². The Morgan fingerprint density at radius 3 is 2.95 bits per heavy atom. The molecule has 0 aliphatic carbocycles. The van der Waals surface area contributed by atoms with Crippen molar-refractivity contribution in [1.82, 2.24) is 4.98 Å². The van der Waals surface area contributed by atoms with Crippen LogP contribution in [0, 0.1) is 23.0 Å². The summed E-state index contributed by atoms with van der Waals surface area (Å²) in [5, 5.41) is 10.7. The highest BCUT2D eigenvalue weighted by molar-refractivity contribution is 5.50. The van der Waals surface area contributed by atoms with E-state index in [2.05, 4.69) is 9.88 Å². The molecule has 0 spiro atoms. The van der Waals surface area contributed by atoms with E-state index in [0.717, 1.165) is 37.3 Å². The number of aryl methyl sites for hydroxylation is 1. The number of rotatable bonds is 3. The van der Waals surface area contributed by atoms with Crippen molar-refractivity contribution in [3.63, 3.8) is 0 Å². The maximum Gasteiger partial charge on any atom is 0.287 e. The van der Waals surface area contributed by atoms with E-state index in [9.17, 15) is 10.1 Å². The summed E-state index contributed by atoms with van der Waals surface area (Å²) in [5.41, 5.74) is 6.86. The fourth-order valence-corrected chi connectivity index (χ4v) is 2.62. The maximum atomic E-state index is 10.7. The van der Waals surface area contributed by atoms with Gasteiger partial charge in [-0.2, -0.15) is 0 Å². The summed E-state index contributed by atoms with van der Waals surface area (Å²) in [4.78, 5) is 16.8. The zero-order chi connectivity index (χ0) is 14.0. The molecule has 0 bridgehead atoms. The molecule has 6 nitrogen and oxygen atoms in total. The van der Waals surface area contributed by atoms with Gasteiger partial charge in [0.1, 0.15) is 12.0 Å². The third-order valence-corrected chi connectivity index (χ3v) is 3.75. The number of pyridine rings is 1. The minimum atomic E-state index is -0.412. The fourth-order valence-electron chi connectivity index (χ4n) is 2.62. The molecule has 1 saturated heterocycles. The Hall–Kier alpha value is -1.69. The molecule has 0 saturated carbocycles. The molecule has 6 heteroatoms. The standard InChI is InChI=1S/C13H20N4O2/c1-9-6-12(17(18)19)7-15-13(9)16-5-3-4-11(8-16)10(2)14/h6-7,10-11H,3-5,8,14H2,1-2H3. The number of nitrogens with zero attached hydrogens (tertiary/aromatic N) is 3. The van der Waals surface area contributed by atoms with Gasteiger partial charge in [-0.15, -0.1) is 0 Å². The number of piperidine rings is 1. The van der Waals surface area contributed by atoms with Gasteiger partial charge in [0.05, 0.1) is 4.92 Å². The van der Waals surface area contributed by atoms with Gasteiger partial charge < -0.3 is 10.6 Å². The van der Waals surface area contributed by atoms with Crippen molar-refractivity contribution in [2.45, 2.75) is 32.7 Å². The normalized spacial score (nSPS) is 21.2. The van der Waals surface area contributed by atoms with Crippen LogP contribution in [-0.4, -0.2) is 29.0 Å². The molecule has 2 unspecified atom stereocenters. The average molecular weight is 264 g/mol. The first kappa shape index (κ1) is 13.7. The van der Waals surface area contributed by atoms with Crippen LogP contribution in [-0.2, 0) is 0 Å². The lowest BCUT2D eigenvalue weighted by molar-refractivity contribution is -0.385. The highest BCUT2D eigenvalue weighted by Crippen LogP contribution is 2.27. The zero-order valence-corrected chi connectivity index (χ0v) is 11.4. The summed E-state index contributed by atoms with van der Waals surface area (Å²) in [6, 6.07) is 1.75. The Morgan fingerprint density at radius 2 is 2.37 bits per heavy atom. The van der Waals surface area contributed by atoms with Crippen LogP contribution in [0.3, 0.4) is 0 Å². The van der Waals surface area contributed by atoms with E-state index >= 15 is 0 Å². The number of nitrogens with two attached hydrogens (primary N) is 1. The molecular formula is C13H20N4O2. The van der Waals surface area contributed by atoms with Crippen LogP contribution in [0.4, 0.5) is 11.5 Å². The van der Waals surface area contributed by atoms with Crippen molar-refractivity contribution in [2.75, 3.05) is 18.0 Å². The Balaban J connectivity index is 2.19. The monoisotopic (exact) mass is 264 g/mol. The second-order valence-corrected chi connectivity index (χ2v) is 5.30. The zero-order valence-electron chi connectivity index (χ0n) is 11.4. The van der Waals surface area contributed by atoms with Crippen molar-refractivity contribution in [1.29, 1.82) is 0 Å². The molecular weight excluding hydrogens is 244 g/mol. The number of hydrogen-bond acceptors (Lipinski definition) is 5. The van der Waals surface area contributed by atoms with Crippen LogP contribution in [0.2, 0.25) is 0 Å². The van der Waals surface area contributed by atoms with E-state index < -0.39 is 4.92 Å². The lowest BCUT2D eigenvalue weighted by atomic mass is 9.92. The predicted octanol–water partition coefficient (Wildman–Crippen LogP) is 1.86. The quantitative estimate of drug-likeness (QED) is 0.665. The number of anilines is 1. The average Bonchev–Trinajstić information content (AvgIpc) is 2.38. The summed E-state index contributed by atoms with van der Waals surface area (Å²) in [7, 11) is 0. The van der Waals surface area contributed by atoms with Gasteiger partial charge in [-0.05, 0) is 38.2 Å². The SMILES string of the molecule is Cc1cc([N+](=O)[O-])cnc1N1CCCC(C(C)N)C1. The molecule has 19 heavy (non-hydrogen) atoms. The Kier molecular flexibility index (Phi) is 3.99. The molecule has 0 radical (unpaired) electrons. The second kappa shape index (κ2) is 5.52. The first-order chi connectivity index (χ1) is 8.99. The molecule has 104 valence electrons. The van der Waals surface area contributed by atoms with Crippen LogP contribution in [0.1, 0.15) is 25.3 Å². The summed E-state index contributed by atoms with van der Waals surface area (Å²) in [5.74, 6) is 1.31. The summed E-state index contributed by atoms with van der Waals surface area (Å²) in [6.45, 7) is 5.72. The van der Waals surface area contributed by atoms with Gasteiger partial charge in [0.2, 0.25) is 0 Å². The molecule has 2 heterocycles. The van der Waals surface area contributed by atoms with E-state index in [4.69, 9.17) is 5.73 Å². The van der Waals surface area contributed by atoms with Gasteiger partial charge in [0.15, 0.2) is 0 Å². The third kappa shape index (κ3) is 3.01. The minimum absolute atomic E-state index is 0.0435. The molecule has 2 rings (SSSR count). The predicted molar refractivity (Wildman–Crippen MR) is 74.2 cm³/mol. The lowest BCUT2D eigenvalue weighted by Gasteiger charge is -2.36. The van der Waals surface area contributed by atoms with Crippen molar-refractivity contribution in [3.05, 3.63) is 27.9 Å². The largest absolute Gasteiger partial charge is 0.356 e. The van der Waals surface area contributed by atoms with Crippen molar-refractivity contribution in [2.24, 2.45) is 11.7 Å². The van der Waals surface area contributed by atoms with E-state index in [0.29, 0.717) is 5.92 Å². The molecule has 1 aromatic heterocycles. The van der Waals surface area contributed by atoms with E-state index in [1.807, 2.05) is 13.8 Å². The van der Waals surface area contributed by atoms with E-state index in [1.165, 1.54) is 6.20 Å². The lowest BCUT2D eigenvalue weighted by Crippen LogP contribution is -2.43. The first-order valence-corrected chi connectivity index (χ1v) is 6.60. The summed E-state index contributed by atoms with van der Waals surface area (Å²) in [6.07, 6.45) is 3.56. The van der Waals surface area contributed by atoms with Gasteiger partial charge in [-0.3, -0.25) is 10.1 Å². The Morgan fingerprint density at radius 1 is 1.63 bits per heavy atom. The molecule has 2 N–H and O–H groups in total. The van der Waals surface area contributed by atoms with Crippen LogP contribution < -0.4 is 10.6 Å². The van der Waals surface area contributed by atoms with Crippen LogP contribution in [0.5, 0.6) is 0 Å². The Labute approximate surface area is 112 Å². The third-order valence-electron chi connectivity index (χ3n) is 3.75. The highest BCUT2D eigenvalue weighted by Gasteiger charge is 2.25. The highest BCUT2D eigenvalue weighted by atomic mass is 16.6. The topological polar surface area (TPSA) is 85.3 Å². The molecule has 1 aromatic rings. The van der Waals surface area contributed by atoms with Gasteiger partial charge in [0, 0.05) is 25.2 Å². The van der Waals surface area contributed by atoms with Gasteiger partial charge in [0.25, 0.3) is 5.69 Å². The molecule has 0 aromatic carbocycles. The second-order valence-electron chi connectivity index (χ2n) is 5.30. The van der Waals surface area contributed by atoms with Crippen molar-refractivity contribution >= 4 is 11.5 Å². The van der Waals surface area contributed by atoms with Crippen molar-refractivity contribution < 1.29 is 4.92 Å². The molecule has 2 atom stereocenters. The summed E-state index contributed by atoms with van der Waals surface area (Å²) < 4.78 is 0. The van der Waals surface area contributed by atoms with Gasteiger partial charge in [-0.25, -0.2) is 4.98 Å². The van der Waals surface area contributed by atoms with Crippen LogP contribution in [0.15, 0.2) is 12.3 Å². The van der Waals surface area contributed by atoms with Gasteiger partial charge >= 0.3 is 0 Å².